The Labute approximate surface area is 159 Å². The molecule has 2 amide bonds. The molecule has 0 fully saturated rings. The van der Waals surface area contributed by atoms with Crippen molar-refractivity contribution in [1.29, 1.82) is 0 Å². The van der Waals surface area contributed by atoms with Crippen LogP contribution in [0.3, 0.4) is 0 Å². The highest BCUT2D eigenvalue weighted by Gasteiger charge is 2.26. The van der Waals surface area contributed by atoms with Crippen LogP contribution in [-0.4, -0.2) is 29.6 Å². The lowest BCUT2D eigenvalue weighted by Crippen LogP contribution is -2.39. The van der Waals surface area contributed by atoms with Crippen LogP contribution in [0.15, 0.2) is 58.1 Å². The molecule has 1 unspecified atom stereocenters. The van der Waals surface area contributed by atoms with Gasteiger partial charge in [0.2, 0.25) is 5.91 Å². The Morgan fingerprint density at radius 2 is 1.96 bits per heavy atom. The normalized spacial score (nSPS) is 15.4. The minimum absolute atomic E-state index is 0.139. The molecule has 1 N–H and O–H groups in total. The lowest BCUT2D eigenvalue weighted by Gasteiger charge is -2.23. The fraction of sp³-hybridized carbons (Fsp3) is 0.211. The number of nitrogens with zero attached hydrogens (tertiary/aromatic N) is 2. The summed E-state index contributed by atoms with van der Waals surface area (Å²) in [5, 5.41) is 8.04. The van der Waals surface area contributed by atoms with E-state index in [9.17, 15) is 14.0 Å². The van der Waals surface area contributed by atoms with Crippen LogP contribution in [0.25, 0.3) is 0 Å². The van der Waals surface area contributed by atoms with Crippen molar-refractivity contribution in [2.75, 3.05) is 7.05 Å². The van der Waals surface area contributed by atoms with E-state index in [2.05, 4.69) is 26.3 Å². The molecule has 7 heteroatoms. The van der Waals surface area contributed by atoms with Gasteiger partial charge in [-0.1, -0.05) is 52.3 Å². The van der Waals surface area contributed by atoms with Gasteiger partial charge in [-0.2, -0.15) is 5.10 Å². The number of rotatable bonds is 4. The number of hydrazone groups is 1. The third kappa shape index (κ3) is 3.99. The van der Waals surface area contributed by atoms with Crippen LogP contribution < -0.4 is 5.32 Å². The van der Waals surface area contributed by atoms with E-state index < -0.39 is 17.8 Å². The zero-order chi connectivity index (χ0) is 18.7. The summed E-state index contributed by atoms with van der Waals surface area (Å²) in [4.78, 5) is 24.2. The van der Waals surface area contributed by atoms with Gasteiger partial charge in [-0.25, -0.2) is 9.40 Å². The van der Waals surface area contributed by atoms with Crippen molar-refractivity contribution in [1.82, 2.24) is 10.3 Å². The molecule has 1 heterocycles. The molecular formula is C19H17BrFN3O2. The monoisotopic (exact) mass is 417 g/mol. The van der Waals surface area contributed by atoms with Crippen molar-refractivity contribution in [3.63, 3.8) is 0 Å². The highest BCUT2D eigenvalue weighted by Crippen LogP contribution is 2.27. The van der Waals surface area contributed by atoms with Crippen LogP contribution in [-0.2, 0) is 9.59 Å². The van der Waals surface area contributed by atoms with Gasteiger partial charge in [0.15, 0.2) is 0 Å². The summed E-state index contributed by atoms with van der Waals surface area (Å²) in [6, 6.07) is 13.2. The van der Waals surface area contributed by atoms with Gasteiger partial charge in [0, 0.05) is 29.9 Å². The number of amides is 2. The quantitative estimate of drug-likeness (QED) is 0.828. The molecule has 1 aliphatic rings. The molecule has 2 aromatic carbocycles. The number of nitrogens with one attached hydrogen (secondary N) is 1. The molecule has 2 aromatic rings. The van der Waals surface area contributed by atoms with E-state index in [0.717, 1.165) is 10.6 Å². The zero-order valence-electron chi connectivity index (χ0n) is 14.1. The molecule has 1 aliphatic heterocycles. The van der Waals surface area contributed by atoms with Crippen molar-refractivity contribution >= 4 is 33.5 Å². The van der Waals surface area contributed by atoms with E-state index in [1.165, 1.54) is 13.1 Å². The van der Waals surface area contributed by atoms with Crippen LogP contribution in [0.4, 0.5) is 4.39 Å². The lowest BCUT2D eigenvalue weighted by molar-refractivity contribution is -0.130. The second kappa shape index (κ2) is 7.78. The standard InChI is InChI=1S/C19H17BrFN3O2/c1-24-17(25)10-9-16(23-24)19(26)22-18(12-5-3-2-4-6-12)14-8-7-13(20)11-15(14)21/h2-8,11,18H,9-10H2,1H3,(H,22,26). The first-order valence-electron chi connectivity index (χ1n) is 8.10. The lowest BCUT2D eigenvalue weighted by atomic mass is 9.97. The Morgan fingerprint density at radius 1 is 1.23 bits per heavy atom. The predicted molar refractivity (Wildman–Crippen MR) is 100.0 cm³/mol. The Bertz CT molecular complexity index is 870. The van der Waals surface area contributed by atoms with E-state index in [0.29, 0.717) is 10.0 Å². The Kier molecular flexibility index (Phi) is 5.46. The summed E-state index contributed by atoms with van der Waals surface area (Å²) in [7, 11) is 1.51. The maximum Gasteiger partial charge on any atom is 0.268 e. The molecule has 5 nitrogen and oxygen atoms in total. The summed E-state index contributed by atoms with van der Waals surface area (Å²) in [6.07, 6.45) is 0.491. The number of hydrogen-bond donors (Lipinski definition) is 1. The van der Waals surface area contributed by atoms with Gasteiger partial charge in [0.25, 0.3) is 5.91 Å². The van der Waals surface area contributed by atoms with Crippen LogP contribution >= 0.6 is 15.9 Å². The molecule has 0 aliphatic carbocycles. The molecule has 0 aromatic heterocycles. The summed E-state index contributed by atoms with van der Waals surface area (Å²) in [5.41, 5.74) is 1.36. The fourth-order valence-electron chi connectivity index (χ4n) is 2.77. The molecular weight excluding hydrogens is 401 g/mol. The van der Waals surface area contributed by atoms with Crippen LogP contribution in [0, 0.1) is 5.82 Å². The van der Waals surface area contributed by atoms with E-state index >= 15 is 0 Å². The Balaban J connectivity index is 1.93. The van der Waals surface area contributed by atoms with E-state index in [1.807, 2.05) is 30.3 Å². The van der Waals surface area contributed by atoms with E-state index in [4.69, 9.17) is 0 Å². The number of benzene rings is 2. The Hall–Kier alpha value is -2.54. The van der Waals surface area contributed by atoms with Crippen molar-refractivity contribution in [2.45, 2.75) is 18.9 Å². The third-order valence-corrected chi connectivity index (χ3v) is 4.64. The number of halogens is 2. The minimum atomic E-state index is -0.664. The smallest absolute Gasteiger partial charge is 0.268 e. The predicted octanol–water partition coefficient (Wildman–Crippen LogP) is 3.40. The van der Waals surface area contributed by atoms with Crippen LogP contribution in [0.2, 0.25) is 0 Å². The second-order valence-corrected chi connectivity index (χ2v) is 6.86. The first-order valence-corrected chi connectivity index (χ1v) is 8.90. The van der Waals surface area contributed by atoms with Gasteiger partial charge in [-0.3, -0.25) is 9.59 Å². The third-order valence-electron chi connectivity index (χ3n) is 4.15. The second-order valence-electron chi connectivity index (χ2n) is 5.95. The van der Waals surface area contributed by atoms with Gasteiger partial charge in [-0.15, -0.1) is 0 Å². The maximum atomic E-state index is 14.5. The molecule has 0 saturated carbocycles. The molecule has 26 heavy (non-hydrogen) atoms. The molecule has 3 rings (SSSR count). The van der Waals surface area contributed by atoms with Gasteiger partial charge in [0.05, 0.1) is 6.04 Å². The van der Waals surface area contributed by atoms with Crippen molar-refractivity contribution in [2.24, 2.45) is 5.10 Å². The SMILES string of the molecule is CN1N=C(C(=O)NC(c2ccccc2)c2ccc(Br)cc2F)CCC1=O. The first kappa shape index (κ1) is 18.3. The zero-order valence-corrected chi connectivity index (χ0v) is 15.7. The molecule has 0 bridgehead atoms. The van der Waals surface area contributed by atoms with Crippen LogP contribution in [0.5, 0.6) is 0 Å². The van der Waals surface area contributed by atoms with E-state index in [1.54, 1.807) is 12.1 Å². The van der Waals surface area contributed by atoms with Crippen molar-refractivity contribution in [3.8, 4) is 0 Å². The highest BCUT2D eigenvalue weighted by atomic mass is 79.9. The topological polar surface area (TPSA) is 61.8 Å². The summed E-state index contributed by atoms with van der Waals surface area (Å²) < 4.78 is 15.1. The maximum absolute atomic E-state index is 14.5. The summed E-state index contributed by atoms with van der Waals surface area (Å²) in [6.45, 7) is 0. The van der Waals surface area contributed by atoms with Gasteiger partial charge >= 0.3 is 0 Å². The summed E-state index contributed by atoms with van der Waals surface area (Å²) in [5.74, 6) is -0.980. The first-order chi connectivity index (χ1) is 12.5. The minimum Gasteiger partial charge on any atom is -0.340 e. The van der Waals surface area contributed by atoms with E-state index in [-0.39, 0.29) is 24.5 Å². The molecule has 1 atom stereocenters. The van der Waals surface area contributed by atoms with Gasteiger partial charge in [-0.05, 0) is 17.7 Å². The van der Waals surface area contributed by atoms with Gasteiger partial charge < -0.3 is 5.32 Å². The summed E-state index contributed by atoms with van der Waals surface area (Å²) >= 11 is 3.24. The van der Waals surface area contributed by atoms with Crippen molar-refractivity contribution in [3.05, 3.63) is 69.9 Å². The Morgan fingerprint density at radius 3 is 2.62 bits per heavy atom. The molecule has 0 saturated heterocycles. The van der Waals surface area contributed by atoms with Crippen molar-refractivity contribution < 1.29 is 14.0 Å². The molecule has 0 radical (unpaired) electrons. The average Bonchev–Trinajstić information content (AvgIpc) is 2.63. The molecule has 134 valence electrons. The van der Waals surface area contributed by atoms with Gasteiger partial charge in [0.1, 0.15) is 11.5 Å². The fourth-order valence-corrected chi connectivity index (χ4v) is 3.10. The number of hydrogen-bond acceptors (Lipinski definition) is 3. The largest absolute Gasteiger partial charge is 0.340 e. The van der Waals surface area contributed by atoms with Crippen LogP contribution in [0.1, 0.15) is 30.0 Å². The molecule has 0 spiro atoms. The number of carbonyl (C=O) groups is 2. The highest BCUT2D eigenvalue weighted by molar-refractivity contribution is 9.10. The average molecular weight is 418 g/mol. The number of carbonyl (C=O) groups excluding carboxylic acids is 2.